The van der Waals surface area contributed by atoms with Crippen molar-refractivity contribution in [2.75, 3.05) is 10.8 Å². The molecule has 0 unspecified atom stereocenters. The van der Waals surface area contributed by atoms with E-state index in [9.17, 15) is 4.79 Å². The van der Waals surface area contributed by atoms with Crippen LogP contribution in [0.1, 0.15) is 30.5 Å². The molecule has 0 N–H and O–H groups in total. The fourth-order valence-corrected chi connectivity index (χ4v) is 2.94. The van der Waals surface area contributed by atoms with Crippen molar-refractivity contribution in [3.8, 4) is 0 Å². The number of rotatable bonds is 4. The van der Waals surface area contributed by atoms with Gasteiger partial charge in [-0.25, -0.2) is 0 Å². The monoisotopic (exact) mass is 327 g/mol. The summed E-state index contributed by atoms with van der Waals surface area (Å²) in [6, 6.07) is 16.0. The van der Waals surface area contributed by atoms with Gasteiger partial charge in [-0.15, -0.1) is 11.6 Å². The lowest BCUT2D eigenvalue weighted by molar-refractivity contribution is -0.115. The first-order valence-electron chi connectivity index (χ1n) is 7.65. The number of carbonyl (C=O) groups is 1. The van der Waals surface area contributed by atoms with Crippen LogP contribution in [-0.4, -0.2) is 11.8 Å². The highest BCUT2D eigenvalue weighted by molar-refractivity contribution is 6.31. The van der Waals surface area contributed by atoms with Gasteiger partial charge >= 0.3 is 0 Å². The molecule has 0 aliphatic carbocycles. The molecule has 0 aliphatic heterocycles. The van der Waals surface area contributed by atoms with E-state index in [1.165, 1.54) is 0 Å². The Morgan fingerprint density at radius 2 is 1.52 bits per heavy atom. The normalized spacial score (nSPS) is 10.3. The van der Waals surface area contributed by atoms with Gasteiger partial charge in [0.15, 0.2) is 0 Å². The number of allylic oxidation sites excluding steroid dienone is 1. The van der Waals surface area contributed by atoms with Crippen LogP contribution in [0.3, 0.4) is 0 Å². The molecule has 0 radical (unpaired) electrons. The molecule has 0 aromatic heterocycles. The molecule has 23 heavy (non-hydrogen) atoms. The number of benzene rings is 2. The summed E-state index contributed by atoms with van der Waals surface area (Å²) in [4.78, 5) is 14.5. The number of anilines is 1. The van der Waals surface area contributed by atoms with Crippen molar-refractivity contribution < 1.29 is 4.79 Å². The van der Waals surface area contributed by atoms with Gasteiger partial charge in [-0.3, -0.25) is 9.69 Å². The van der Waals surface area contributed by atoms with Crippen LogP contribution in [0.25, 0.3) is 5.70 Å². The molecule has 0 aliphatic rings. The lowest BCUT2D eigenvalue weighted by atomic mass is 10.0. The predicted molar refractivity (Wildman–Crippen MR) is 98.8 cm³/mol. The molecule has 0 saturated carbocycles. The summed E-state index contributed by atoms with van der Waals surface area (Å²) in [5, 5.41) is 0. The van der Waals surface area contributed by atoms with Crippen LogP contribution >= 0.6 is 11.6 Å². The van der Waals surface area contributed by atoms with Crippen molar-refractivity contribution in [2.24, 2.45) is 0 Å². The van der Waals surface area contributed by atoms with Gasteiger partial charge in [0.25, 0.3) is 0 Å². The van der Waals surface area contributed by atoms with E-state index < -0.39 is 0 Å². The number of amides is 1. The molecule has 2 rings (SSSR count). The smallest absolute Gasteiger partial charge is 0.246 e. The highest BCUT2D eigenvalue weighted by Gasteiger charge is 2.24. The van der Waals surface area contributed by atoms with E-state index in [0.29, 0.717) is 0 Å². The zero-order valence-corrected chi connectivity index (χ0v) is 14.8. The summed E-state index contributed by atoms with van der Waals surface area (Å²) in [5.74, 6) is -0.179. The van der Waals surface area contributed by atoms with E-state index in [-0.39, 0.29) is 11.8 Å². The maximum Gasteiger partial charge on any atom is 0.246 e. The van der Waals surface area contributed by atoms with Crippen molar-refractivity contribution in [2.45, 2.75) is 27.7 Å². The number of aryl methyl sites for hydroxylation is 2. The van der Waals surface area contributed by atoms with Gasteiger partial charge in [-0.1, -0.05) is 54.1 Å². The molecule has 1 amide bonds. The molecule has 2 nitrogen and oxygen atoms in total. The predicted octanol–water partition coefficient (Wildman–Crippen LogP) is 5.33. The second-order valence-corrected chi connectivity index (χ2v) is 6.09. The Morgan fingerprint density at radius 3 is 2.00 bits per heavy atom. The molecular formula is C20H22ClNO. The van der Waals surface area contributed by atoms with Crippen LogP contribution in [-0.2, 0) is 4.79 Å². The zero-order valence-electron chi connectivity index (χ0n) is 14.1. The van der Waals surface area contributed by atoms with Crippen molar-refractivity contribution in [3.63, 3.8) is 0 Å². The first-order chi connectivity index (χ1) is 11.0. The first-order valence-corrected chi connectivity index (χ1v) is 8.18. The van der Waals surface area contributed by atoms with E-state index in [4.69, 9.17) is 11.6 Å². The van der Waals surface area contributed by atoms with Crippen LogP contribution in [0.5, 0.6) is 0 Å². The van der Waals surface area contributed by atoms with Crippen LogP contribution < -0.4 is 4.90 Å². The average Bonchev–Trinajstić information content (AvgIpc) is 2.53. The van der Waals surface area contributed by atoms with Crippen molar-refractivity contribution in [3.05, 3.63) is 70.8 Å². The summed E-state index contributed by atoms with van der Waals surface area (Å²) in [5.41, 5.74) is 5.99. The Labute approximate surface area is 143 Å². The summed E-state index contributed by atoms with van der Waals surface area (Å²) in [6.45, 7) is 8.07. The van der Waals surface area contributed by atoms with Gasteiger partial charge in [0.2, 0.25) is 5.91 Å². The molecule has 2 aromatic carbocycles. The lowest BCUT2D eigenvalue weighted by Crippen LogP contribution is -2.32. The summed E-state index contributed by atoms with van der Waals surface area (Å²) in [6.07, 6.45) is 0. The standard InChI is InChI=1S/C20H22ClNO/c1-14(2)19(17-11-6-5-7-12-17)22(18(23)13-21)20-15(3)9-8-10-16(20)4/h5-12H,13H2,1-4H3. The van der Waals surface area contributed by atoms with Gasteiger partial charge in [0.05, 0.1) is 11.4 Å². The topological polar surface area (TPSA) is 20.3 Å². The van der Waals surface area contributed by atoms with E-state index in [0.717, 1.165) is 33.6 Å². The van der Waals surface area contributed by atoms with Gasteiger partial charge in [0.1, 0.15) is 5.88 Å². The molecule has 120 valence electrons. The third-order valence-corrected chi connectivity index (χ3v) is 4.00. The van der Waals surface area contributed by atoms with Crippen LogP contribution in [0.15, 0.2) is 54.1 Å². The third-order valence-electron chi connectivity index (χ3n) is 3.77. The Kier molecular flexibility index (Phi) is 5.62. The maximum atomic E-state index is 12.7. The Bertz CT molecular complexity index is 710. The second kappa shape index (κ2) is 7.47. The summed E-state index contributed by atoms with van der Waals surface area (Å²) < 4.78 is 0. The number of hydrogen-bond donors (Lipinski definition) is 0. The van der Waals surface area contributed by atoms with Gasteiger partial charge in [-0.05, 0) is 44.4 Å². The molecule has 3 heteroatoms. The molecule has 0 heterocycles. The molecular weight excluding hydrogens is 306 g/mol. The minimum absolute atomic E-state index is 0.0581. The number of halogens is 1. The molecule has 0 spiro atoms. The number of alkyl halides is 1. The maximum absolute atomic E-state index is 12.7. The third kappa shape index (κ3) is 3.65. The molecule has 0 fully saturated rings. The van der Waals surface area contributed by atoms with E-state index in [1.807, 2.05) is 76.2 Å². The fourth-order valence-electron chi connectivity index (χ4n) is 2.82. The Hall–Kier alpha value is -2.06. The molecule has 0 atom stereocenters. The second-order valence-electron chi connectivity index (χ2n) is 5.82. The summed E-state index contributed by atoms with van der Waals surface area (Å²) in [7, 11) is 0. The quantitative estimate of drug-likeness (QED) is 0.695. The Morgan fingerprint density at radius 1 is 0.957 bits per heavy atom. The number of nitrogens with zero attached hydrogens (tertiary/aromatic N) is 1. The lowest BCUT2D eigenvalue weighted by Gasteiger charge is -2.29. The minimum atomic E-state index is -0.121. The average molecular weight is 328 g/mol. The van der Waals surface area contributed by atoms with Crippen molar-refractivity contribution >= 4 is 28.9 Å². The van der Waals surface area contributed by atoms with E-state index in [1.54, 1.807) is 4.90 Å². The number of hydrogen-bond acceptors (Lipinski definition) is 1. The Balaban J connectivity index is 2.72. The largest absolute Gasteiger partial charge is 0.279 e. The SMILES string of the molecule is CC(C)=C(c1ccccc1)N(C(=O)CCl)c1c(C)cccc1C. The molecule has 0 bridgehead atoms. The fraction of sp³-hybridized carbons (Fsp3) is 0.250. The van der Waals surface area contributed by atoms with Crippen LogP contribution in [0, 0.1) is 13.8 Å². The van der Waals surface area contributed by atoms with Gasteiger partial charge in [0, 0.05) is 0 Å². The van der Waals surface area contributed by atoms with Crippen LogP contribution in [0.2, 0.25) is 0 Å². The van der Waals surface area contributed by atoms with Gasteiger partial charge < -0.3 is 0 Å². The first kappa shape index (κ1) is 17.3. The molecule has 2 aromatic rings. The van der Waals surface area contributed by atoms with Gasteiger partial charge in [-0.2, -0.15) is 0 Å². The highest BCUT2D eigenvalue weighted by Crippen LogP contribution is 2.34. The van der Waals surface area contributed by atoms with Crippen molar-refractivity contribution in [1.29, 1.82) is 0 Å². The van der Waals surface area contributed by atoms with E-state index in [2.05, 4.69) is 0 Å². The van der Waals surface area contributed by atoms with E-state index >= 15 is 0 Å². The molecule has 0 saturated heterocycles. The van der Waals surface area contributed by atoms with Crippen LogP contribution in [0.4, 0.5) is 5.69 Å². The van der Waals surface area contributed by atoms with Crippen molar-refractivity contribution in [1.82, 2.24) is 0 Å². The number of para-hydroxylation sites is 1. The summed E-state index contributed by atoms with van der Waals surface area (Å²) >= 11 is 5.92. The highest BCUT2D eigenvalue weighted by atomic mass is 35.5. The number of carbonyl (C=O) groups excluding carboxylic acids is 1. The zero-order chi connectivity index (χ0) is 17.0. The minimum Gasteiger partial charge on any atom is -0.279 e.